The van der Waals surface area contributed by atoms with Crippen LogP contribution >= 0.6 is 15.6 Å². The molecule has 0 aromatic rings. The highest BCUT2D eigenvalue weighted by atomic mass is 31.2. The summed E-state index contributed by atoms with van der Waals surface area (Å²) in [6.07, 6.45) is 80.7. The van der Waals surface area contributed by atoms with Gasteiger partial charge in [-0.15, -0.1) is 0 Å². The highest BCUT2D eigenvalue weighted by molar-refractivity contribution is 7.47. The van der Waals surface area contributed by atoms with Gasteiger partial charge in [0.15, 0.2) is 12.2 Å². The Kier molecular flexibility index (Phi) is 71.8. The molecule has 17 nitrogen and oxygen atoms in total. The molecular formula is C83H144O17P2. The minimum absolute atomic E-state index is 0.0143. The number of aliphatic hydroxyl groups is 1. The van der Waals surface area contributed by atoms with E-state index in [-0.39, 0.29) is 25.7 Å². The van der Waals surface area contributed by atoms with Crippen LogP contribution in [0.25, 0.3) is 0 Å². The lowest BCUT2D eigenvalue weighted by Crippen LogP contribution is -2.30. The Morgan fingerprint density at radius 3 is 0.873 bits per heavy atom. The van der Waals surface area contributed by atoms with Crippen molar-refractivity contribution in [2.24, 2.45) is 0 Å². The quantitative estimate of drug-likeness (QED) is 0.0128. The second-order valence-electron chi connectivity index (χ2n) is 26.7. The van der Waals surface area contributed by atoms with Gasteiger partial charge in [0, 0.05) is 25.7 Å². The monoisotopic (exact) mass is 1470 g/mol. The summed E-state index contributed by atoms with van der Waals surface area (Å²) in [7, 11) is -9.98. The van der Waals surface area contributed by atoms with E-state index in [0.717, 1.165) is 141 Å². The van der Waals surface area contributed by atoms with Crippen LogP contribution in [0.15, 0.2) is 109 Å². The number of phosphoric ester groups is 2. The molecular weight excluding hydrogens is 1330 g/mol. The molecule has 19 heteroatoms. The standard InChI is InChI=1S/C83H144O17P2/c1-5-9-13-17-21-25-29-33-37-38-42-46-50-54-58-62-66-70-83(88)100-79(74-94-81(86)68-64-60-56-52-48-44-40-35-31-27-23-19-15-11-7-3)76-98-102(91,92)96-72-77(84)71-95-101(89,90)97-75-78(99-82(87)69-65-61-57-53-49-45-41-36-32-28-24-20-16-12-8-4)73-93-80(85)67-63-59-55-51-47-43-39-34-30-26-22-18-14-10-6-2/h21,25,27-28,31-37,39-42,46,54,58,77-79,84H,5-20,22-24,26,29-30,38,43-45,47-53,55-57,59-76H2,1-4H3,(H,89,90)(H,91,92)/b25-21-,31-27-,32-28-,37-33-,39-34-,40-35-,41-36-,46-42-,58-54-/t77-,78-,79-/m1/s1. The van der Waals surface area contributed by atoms with Gasteiger partial charge in [0.1, 0.15) is 19.3 Å². The molecule has 0 saturated carbocycles. The maximum atomic E-state index is 13.1. The Bertz CT molecular complexity index is 2360. The van der Waals surface area contributed by atoms with Gasteiger partial charge in [-0.3, -0.25) is 37.3 Å². The van der Waals surface area contributed by atoms with E-state index in [2.05, 4.69) is 125 Å². The number of carbonyl (C=O) groups is 4. The summed E-state index contributed by atoms with van der Waals surface area (Å²) < 4.78 is 68.5. The third-order valence-electron chi connectivity index (χ3n) is 16.7. The number of esters is 4. The van der Waals surface area contributed by atoms with E-state index in [1.165, 1.54) is 109 Å². The molecule has 5 atom stereocenters. The molecule has 0 aliphatic carbocycles. The average Bonchev–Trinajstić information content (AvgIpc) is 0.917. The van der Waals surface area contributed by atoms with Crippen molar-refractivity contribution in [3.05, 3.63) is 109 Å². The number of allylic oxidation sites excluding steroid dienone is 18. The minimum atomic E-state index is -5.00. The van der Waals surface area contributed by atoms with Crippen LogP contribution in [-0.2, 0) is 65.4 Å². The highest BCUT2D eigenvalue weighted by Gasteiger charge is 2.30. The molecule has 0 aromatic heterocycles. The fourth-order valence-corrected chi connectivity index (χ4v) is 12.1. The summed E-state index contributed by atoms with van der Waals surface area (Å²) in [6.45, 7) is 4.72. The lowest BCUT2D eigenvalue weighted by atomic mass is 10.1. The first-order chi connectivity index (χ1) is 49.7. The number of hydrogen-bond donors (Lipinski definition) is 3. The van der Waals surface area contributed by atoms with Gasteiger partial charge in [-0.25, -0.2) is 9.13 Å². The van der Waals surface area contributed by atoms with Crippen LogP contribution in [0.4, 0.5) is 0 Å². The van der Waals surface area contributed by atoms with E-state index < -0.39 is 97.5 Å². The Labute approximate surface area is 619 Å². The lowest BCUT2D eigenvalue weighted by molar-refractivity contribution is -0.161. The summed E-state index contributed by atoms with van der Waals surface area (Å²) in [5.74, 6) is -2.27. The van der Waals surface area contributed by atoms with Gasteiger partial charge >= 0.3 is 39.5 Å². The molecule has 0 rings (SSSR count). The number of rotatable bonds is 75. The van der Waals surface area contributed by atoms with Crippen molar-refractivity contribution in [1.82, 2.24) is 0 Å². The molecule has 102 heavy (non-hydrogen) atoms. The Balaban J connectivity index is 5.44. The first-order valence-corrected chi connectivity index (χ1v) is 43.2. The van der Waals surface area contributed by atoms with Crippen LogP contribution in [0.1, 0.15) is 336 Å². The van der Waals surface area contributed by atoms with Crippen molar-refractivity contribution in [3.63, 3.8) is 0 Å². The molecule has 0 bridgehead atoms. The normalized spacial score (nSPS) is 14.5. The van der Waals surface area contributed by atoms with Crippen molar-refractivity contribution in [2.75, 3.05) is 39.6 Å². The summed E-state index contributed by atoms with van der Waals surface area (Å²) in [5, 5.41) is 10.6. The number of hydrogen-bond acceptors (Lipinski definition) is 15. The van der Waals surface area contributed by atoms with Gasteiger partial charge in [0.05, 0.1) is 26.4 Å². The third-order valence-corrected chi connectivity index (χ3v) is 18.6. The van der Waals surface area contributed by atoms with Gasteiger partial charge < -0.3 is 33.8 Å². The molecule has 3 N–H and O–H groups in total. The van der Waals surface area contributed by atoms with Gasteiger partial charge in [-0.1, -0.05) is 278 Å². The van der Waals surface area contributed by atoms with Crippen LogP contribution < -0.4 is 0 Å². The largest absolute Gasteiger partial charge is 0.472 e. The molecule has 0 fully saturated rings. The SMILES string of the molecule is CCCCC/C=C\C/C=C\C/C=C\C/C=C\CCCC(=O)O[C@H](COC(=O)CCCCCCC/C=C\C=C/CCCCCC)COP(=O)(O)OC[C@H](O)COP(=O)(O)OC[C@@H](COC(=O)CCCCCCC/C=C\CCCCCCCC)OC(=O)CCCCCCC/C=C\C=C/CCCCCC. The van der Waals surface area contributed by atoms with Gasteiger partial charge in [-0.2, -0.15) is 0 Å². The molecule has 0 spiro atoms. The number of unbranched alkanes of at least 4 members (excludes halogenated alkanes) is 33. The van der Waals surface area contributed by atoms with Crippen LogP contribution in [0, 0.1) is 0 Å². The van der Waals surface area contributed by atoms with Crippen molar-refractivity contribution in [2.45, 2.75) is 354 Å². The topological polar surface area (TPSA) is 237 Å². The zero-order valence-electron chi connectivity index (χ0n) is 64.3. The fourth-order valence-electron chi connectivity index (χ4n) is 10.5. The predicted octanol–water partition coefficient (Wildman–Crippen LogP) is 23.3. The molecule has 0 heterocycles. The Morgan fingerprint density at radius 1 is 0.284 bits per heavy atom. The molecule has 0 saturated heterocycles. The van der Waals surface area contributed by atoms with E-state index in [9.17, 15) is 43.2 Å². The maximum Gasteiger partial charge on any atom is 0.472 e. The summed E-state index contributed by atoms with van der Waals surface area (Å²) in [6, 6.07) is 0. The van der Waals surface area contributed by atoms with E-state index in [1.807, 2.05) is 12.2 Å². The molecule has 0 aromatic carbocycles. The van der Waals surface area contributed by atoms with Crippen LogP contribution in [0.3, 0.4) is 0 Å². The summed E-state index contributed by atoms with van der Waals surface area (Å²) in [4.78, 5) is 73.0. The maximum absolute atomic E-state index is 13.1. The van der Waals surface area contributed by atoms with E-state index in [4.69, 9.17) is 37.0 Å². The minimum Gasteiger partial charge on any atom is -0.462 e. The van der Waals surface area contributed by atoms with Gasteiger partial charge in [0.2, 0.25) is 0 Å². The van der Waals surface area contributed by atoms with Crippen molar-refractivity contribution < 1.29 is 80.2 Å². The van der Waals surface area contributed by atoms with Crippen molar-refractivity contribution >= 4 is 39.5 Å². The first-order valence-electron chi connectivity index (χ1n) is 40.2. The van der Waals surface area contributed by atoms with E-state index in [1.54, 1.807) is 0 Å². The van der Waals surface area contributed by atoms with E-state index >= 15 is 0 Å². The molecule has 588 valence electrons. The smallest absolute Gasteiger partial charge is 0.462 e. The molecule has 0 aliphatic rings. The third kappa shape index (κ3) is 74.0. The Morgan fingerprint density at radius 2 is 0.520 bits per heavy atom. The second kappa shape index (κ2) is 75.0. The highest BCUT2D eigenvalue weighted by Crippen LogP contribution is 2.45. The fraction of sp³-hybridized carbons (Fsp3) is 0.735. The Hall–Kier alpha value is -4.28. The van der Waals surface area contributed by atoms with E-state index in [0.29, 0.717) is 32.1 Å². The number of ether oxygens (including phenoxy) is 4. The average molecular weight is 1480 g/mol. The lowest BCUT2D eigenvalue weighted by Gasteiger charge is -2.21. The number of phosphoric acid groups is 2. The summed E-state index contributed by atoms with van der Waals surface area (Å²) in [5.41, 5.74) is 0. The van der Waals surface area contributed by atoms with Crippen molar-refractivity contribution in [1.29, 1.82) is 0 Å². The van der Waals surface area contributed by atoms with Gasteiger partial charge in [0.25, 0.3) is 0 Å². The molecule has 0 amide bonds. The number of carbonyl (C=O) groups excluding carboxylic acids is 4. The molecule has 2 unspecified atom stereocenters. The zero-order chi connectivity index (χ0) is 74.6. The summed E-state index contributed by atoms with van der Waals surface area (Å²) >= 11 is 0. The van der Waals surface area contributed by atoms with Crippen LogP contribution in [-0.4, -0.2) is 96.7 Å². The molecule has 0 aliphatic heterocycles. The van der Waals surface area contributed by atoms with Crippen LogP contribution in [0.2, 0.25) is 0 Å². The number of aliphatic hydroxyl groups excluding tert-OH is 1. The first kappa shape index (κ1) is 97.7. The van der Waals surface area contributed by atoms with Crippen LogP contribution in [0.5, 0.6) is 0 Å². The van der Waals surface area contributed by atoms with Crippen molar-refractivity contribution in [3.8, 4) is 0 Å². The zero-order valence-corrected chi connectivity index (χ0v) is 66.0. The molecule has 0 radical (unpaired) electrons. The predicted molar refractivity (Wildman–Crippen MR) is 418 cm³/mol. The second-order valence-corrected chi connectivity index (χ2v) is 29.6. The van der Waals surface area contributed by atoms with Gasteiger partial charge in [-0.05, 0) is 141 Å².